The molecule has 0 bridgehead atoms. The molecule has 31 heavy (non-hydrogen) atoms. The van der Waals surface area contributed by atoms with Gasteiger partial charge in [-0.25, -0.2) is 9.18 Å². The van der Waals surface area contributed by atoms with E-state index < -0.39 is 17.2 Å². The average molecular weight is 429 g/mol. The maximum absolute atomic E-state index is 15.5. The van der Waals surface area contributed by atoms with Gasteiger partial charge in [-0.2, -0.15) is 0 Å². The van der Waals surface area contributed by atoms with E-state index >= 15 is 4.39 Å². The number of benzene rings is 1. The van der Waals surface area contributed by atoms with Crippen LogP contribution in [0.2, 0.25) is 0 Å². The number of ether oxygens (including phenoxy) is 1. The third-order valence-electron chi connectivity index (χ3n) is 7.46. The largest absolute Gasteiger partial charge is 0.492 e. The minimum absolute atomic E-state index is 0.0405. The molecule has 7 nitrogen and oxygen atoms in total. The number of aromatic carboxylic acids is 1. The summed E-state index contributed by atoms with van der Waals surface area (Å²) in [5, 5.41) is 9.53. The number of hydrogen-bond acceptors (Lipinski definition) is 5. The van der Waals surface area contributed by atoms with E-state index in [0.29, 0.717) is 30.2 Å². The molecular formula is C23H28FN3O4. The average Bonchev–Trinajstić information content (AvgIpc) is 3.64. The highest BCUT2D eigenvalue weighted by Crippen LogP contribution is 2.57. The van der Waals surface area contributed by atoms with E-state index in [1.165, 1.54) is 19.4 Å². The lowest BCUT2D eigenvalue weighted by Gasteiger charge is -2.44. The Morgan fingerprint density at radius 2 is 2.10 bits per heavy atom. The van der Waals surface area contributed by atoms with Crippen molar-refractivity contribution in [2.45, 2.75) is 51.1 Å². The zero-order chi connectivity index (χ0) is 22.1. The van der Waals surface area contributed by atoms with Crippen molar-refractivity contribution >= 4 is 22.6 Å². The molecule has 3 fully saturated rings. The van der Waals surface area contributed by atoms with Crippen LogP contribution < -0.4 is 20.8 Å². The molecule has 1 saturated heterocycles. The Bertz CT molecular complexity index is 1140. The van der Waals surface area contributed by atoms with Crippen molar-refractivity contribution in [1.82, 2.24) is 4.57 Å². The van der Waals surface area contributed by atoms with Crippen molar-refractivity contribution in [2.24, 2.45) is 17.1 Å². The number of methoxy groups -OCH3 is 1. The number of hydrogen-bond donors (Lipinski definition) is 2. The van der Waals surface area contributed by atoms with Crippen LogP contribution in [-0.2, 0) is 0 Å². The van der Waals surface area contributed by atoms with E-state index in [1.807, 2.05) is 4.90 Å². The highest BCUT2D eigenvalue weighted by Gasteiger charge is 2.54. The Morgan fingerprint density at radius 1 is 1.39 bits per heavy atom. The van der Waals surface area contributed by atoms with E-state index in [-0.39, 0.29) is 34.2 Å². The molecule has 8 heteroatoms. The molecule has 5 rings (SSSR count). The van der Waals surface area contributed by atoms with Crippen LogP contribution in [0.15, 0.2) is 17.1 Å². The molecule has 2 aliphatic carbocycles. The Kier molecular flexibility index (Phi) is 4.55. The predicted octanol–water partition coefficient (Wildman–Crippen LogP) is 3.14. The van der Waals surface area contributed by atoms with Gasteiger partial charge in [0, 0.05) is 31.4 Å². The van der Waals surface area contributed by atoms with Gasteiger partial charge in [0.05, 0.1) is 18.0 Å². The summed E-state index contributed by atoms with van der Waals surface area (Å²) in [5.41, 5.74) is 6.39. The number of fused-ring (bicyclic) bond motifs is 1. The van der Waals surface area contributed by atoms with Crippen molar-refractivity contribution in [1.29, 1.82) is 0 Å². The summed E-state index contributed by atoms with van der Waals surface area (Å²) < 4.78 is 23.0. The van der Waals surface area contributed by atoms with Gasteiger partial charge < -0.3 is 25.0 Å². The van der Waals surface area contributed by atoms with Gasteiger partial charge in [-0.3, -0.25) is 4.79 Å². The zero-order valence-corrected chi connectivity index (χ0v) is 17.9. The van der Waals surface area contributed by atoms with Crippen molar-refractivity contribution in [3.8, 4) is 5.75 Å². The molecule has 2 heterocycles. The third-order valence-corrected chi connectivity index (χ3v) is 7.46. The number of anilines is 1. The van der Waals surface area contributed by atoms with E-state index in [2.05, 4.69) is 6.92 Å². The number of pyridine rings is 1. The molecule has 1 spiro atoms. The van der Waals surface area contributed by atoms with Crippen molar-refractivity contribution in [3.05, 3.63) is 33.9 Å². The Balaban J connectivity index is 1.73. The van der Waals surface area contributed by atoms with Gasteiger partial charge in [0.2, 0.25) is 5.43 Å². The Morgan fingerprint density at radius 3 is 2.65 bits per heavy atom. The molecule has 3 aliphatic rings. The molecule has 1 unspecified atom stereocenters. The van der Waals surface area contributed by atoms with Gasteiger partial charge >= 0.3 is 5.97 Å². The summed E-state index contributed by atoms with van der Waals surface area (Å²) in [6.07, 6.45) is 6.31. The minimum atomic E-state index is -1.31. The van der Waals surface area contributed by atoms with Crippen LogP contribution in [0, 0.1) is 17.2 Å². The van der Waals surface area contributed by atoms with Crippen LogP contribution in [0.4, 0.5) is 10.1 Å². The normalized spacial score (nSPS) is 24.6. The first-order valence-electron chi connectivity index (χ1n) is 11.0. The first-order chi connectivity index (χ1) is 14.8. The molecule has 166 valence electrons. The monoisotopic (exact) mass is 429 g/mol. The molecule has 0 radical (unpaired) electrons. The topological polar surface area (TPSA) is 97.8 Å². The molecular weight excluding hydrogens is 401 g/mol. The quantitative estimate of drug-likeness (QED) is 0.758. The van der Waals surface area contributed by atoms with Crippen molar-refractivity contribution in [3.63, 3.8) is 0 Å². The number of nitrogens with two attached hydrogens (primary N) is 1. The van der Waals surface area contributed by atoms with Gasteiger partial charge in [0.1, 0.15) is 11.3 Å². The number of carboxylic acid groups (broad SMARTS) is 1. The van der Waals surface area contributed by atoms with Crippen molar-refractivity contribution < 1.29 is 19.0 Å². The van der Waals surface area contributed by atoms with Crippen LogP contribution >= 0.6 is 0 Å². The zero-order valence-electron chi connectivity index (χ0n) is 17.9. The third kappa shape index (κ3) is 3.03. The highest BCUT2D eigenvalue weighted by molar-refractivity contribution is 5.97. The van der Waals surface area contributed by atoms with Gasteiger partial charge in [-0.1, -0.05) is 13.3 Å². The molecule has 2 aromatic rings. The number of carboxylic acids is 1. The fourth-order valence-corrected chi connectivity index (χ4v) is 5.72. The minimum Gasteiger partial charge on any atom is -0.492 e. The first kappa shape index (κ1) is 20.3. The summed E-state index contributed by atoms with van der Waals surface area (Å²) >= 11 is 0. The second kappa shape index (κ2) is 6.95. The summed E-state index contributed by atoms with van der Waals surface area (Å²) in [7, 11) is 1.47. The lowest BCUT2D eigenvalue weighted by Crippen LogP contribution is -2.54. The maximum atomic E-state index is 15.5. The van der Waals surface area contributed by atoms with Crippen LogP contribution in [-0.4, -0.2) is 41.9 Å². The van der Waals surface area contributed by atoms with Crippen LogP contribution in [0.5, 0.6) is 5.75 Å². The van der Waals surface area contributed by atoms with Gasteiger partial charge in [0.15, 0.2) is 11.6 Å². The summed E-state index contributed by atoms with van der Waals surface area (Å²) in [6, 6.07) is 1.19. The fourth-order valence-electron chi connectivity index (χ4n) is 5.72. The number of rotatable bonds is 5. The van der Waals surface area contributed by atoms with Gasteiger partial charge in [0.25, 0.3) is 0 Å². The number of aromatic nitrogens is 1. The fraction of sp³-hybridized carbons (Fsp3) is 0.565. The first-order valence-corrected chi connectivity index (χ1v) is 11.0. The molecule has 3 N–H and O–H groups in total. The van der Waals surface area contributed by atoms with E-state index in [9.17, 15) is 14.7 Å². The number of nitrogens with zero attached hydrogens (tertiary/aromatic N) is 2. The summed E-state index contributed by atoms with van der Waals surface area (Å²) in [5.74, 6) is -1.19. The molecule has 1 aromatic carbocycles. The van der Waals surface area contributed by atoms with E-state index in [1.54, 1.807) is 4.57 Å². The maximum Gasteiger partial charge on any atom is 0.341 e. The number of carbonyl (C=O) groups is 1. The standard InChI is InChI=1S/C23H28FN3O4/c1-3-15-17(25)10-26(11-23(15)6-7-23)19-16(24)8-13-18(21(19)31-2)27(12-4-5-12)9-14(20(13)28)22(29)30/h8-9,12,15,17H,3-7,10-11,25H2,1-2H3,(H,29,30)/t15-,17?/m1/s1. The van der Waals surface area contributed by atoms with E-state index in [0.717, 1.165) is 32.1 Å². The van der Waals surface area contributed by atoms with Gasteiger partial charge in [-0.05, 0) is 43.1 Å². The lowest BCUT2D eigenvalue weighted by atomic mass is 9.77. The van der Waals surface area contributed by atoms with Crippen LogP contribution in [0.25, 0.3) is 10.9 Å². The van der Waals surface area contributed by atoms with Crippen LogP contribution in [0.3, 0.4) is 0 Å². The number of piperidine rings is 1. The molecule has 1 aliphatic heterocycles. The smallest absolute Gasteiger partial charge is 0.341 e. The molecule has 2 atom stereocenters. The lowest BCUT2D eigenvalue weighted by molar-refractivity contribution is 0.0694. The second-order valence-corrected chi connectivity index (χ2v) is 9.37. The number of halogens is 1. The Labute approximate surface area is 179 Å². The van der Waals surface area contributed by atoms with Crippen molar-refractivity contribution in [2.75, 3.05) is 25.1 Å². The second-order valence-electron chi connectivity index (χ2n) is 9.37. The summed E-state index contributed by atoms with van der Waals surface area (Å²) in [6.45, 7) is 3.38. The predicted molar refractivity (Wildman–Crippen MR) is 116 cm³/mol. The highest BCUT2D eigenvalue weighted by atomic mass is 19.1. The molecule has 1 aromatic heterocycles. The summed E-state index contributed by atoms with van der Waals surface area (Å²) in [4.78, 5) is 26.5. The van der Waals surface area contributed by atoms with Gasteiger partial charge in [-0.15, -0.1) is 0 Å². The van der Waals surface area contributed by atoms with E-state index in [4.69, 9.17) is 10.5 Å². The molecule has 2 saturated carbocycles. The van der Waals surface area contributed by atoms with Crippen LogP contribution in [0.1, 0.15) is 55.4 Å². The molecule has 0 amide bonds. The Hall–Kier alpha value is -2.61. The SMILES string of the molecule is CC[C@@H]1C(N)CN(c2c(F)cc3c(=O)c(C(=O)O)cn(C4CC4)c3c2OC)CC12CC2.